The minimum Gasteiger partial charge on any atom is -0.328 e. The topological polar surface area (TPSA) is 43.8 Å². The molecule has 0 fully saturated rings. The van der Waals surface area contributed by atoms with Gasteiger partial charge in [0.05, 0.1) is 11.7 Å². The molecule has 0 aliphatic carbocycles. The van der Waals surface area contributed by atoms with Crippen LogP contribution in [0, 0.1) is 27.7 Å². The highest BCUT2D eigenvalue weighted by Crippen LogP contribution is 2.24. The summed E-state index contributed by atoms with van der Waals surface area (Å²) < 4.78 is 2.06. The Labute approximate surface area is 109 Å². The normalized spacial score (nSPS) is 12.7. The van der Waals surface area contributed by atoms with E-state index in [1.807, 2.05) is 6.92 Å². The Kier molecular flexibility index (Phi) is 3.53. The van der Waals surface area contributed by atoms with Crippen LogP contribution in [0.1, 0.15) is 34.1 Å². The van der Waals surface area contributed by atoms with Gasteiger partial charge in [0.1, 0.15) is 0 Å². The largest absolute Gasteiger partial charge is 0.328 e. The summed E-state index contributed by atoms with van der Waals surface area (Å²) in [6.07, 6.45) is 0. The third-order valence-electron chi connectivity index (χ3n) is 3.75. The molecular weight excluding hydrogens is 222 g/mol. The molecule has 0 radical (unpaired) electrons. The van der Waals surface area contributed by atoms with Crippen LogP contribution < -0.4 is 5.73 Å². The highest BCUT2D eigenvalue weighted by atomic mass is 15.3. The quantitative estimate of drug-likeness (QED) is 0.900. The SMILES string of the molecule is Cc1ccccc1C(CN)n1nc(C)c(C)c1C. The van der Waals surface area contributed by atoms with Crippen molar-refractivity contribution in [2.75, 3.05) is 6.54 Å². The summed E-state index contributed by atoms with van der Waals surface area (Å²) in [5.74, 6) is 0. The second-order valence-electron chi connectivity index (χ2n) is 4.85. The van der Waals surface area contributed by atoms with Crippen LogP contribution in [0.2, 0.25) is 0 Å². The van der Waals surface area contributed by atoms with Gasteiger partial charge in [-0.15, -0.1) is 0 Å². The van der Waals surface area contributed by atoms with E-state index in [4.69, 9.17) is 5.73 Å². The molecule has 1 heterocycles. The summed E-state index contributed by atoms with van der Waals surface area (Å²) in [5.41, 5.74) is 12.0. The van der Waals surface area contributed by atoms with E-state index in [0.29, 0.717) is 6.54 Å². The van der Waals surface area contributed by atoms with Crippen LogP contribution in [-0.4, -0.2) is 16.3 Å². The van der Waals surface area contributed by atoms with Gasteiger partial charge in [-0.25, -0.2) is 0 Å². The molecule has 2 N–H and O–H groups in total. The maximum absolute atomic E-state index is 5.97. The third-order valence-corrected chi connectivity index (χ3v) is 3.75. The number of rotatable bonds is 3. The lowest BCUT2D eigenvalue weighted by Gasteiger charge is -2.20. The number of aromatic nitrogens is 2. The van der Waals surface area contributed by atoms with Gasteiger partial charge in [0.2, 0.25) is 0 Å². The van der Waals surface area contributed by atoms with Gasteiger partial charge in [-0.05, 0) is 44.4 Å². The second-order valence-corrected chi connectivity index (χ2v) is 4.85. The van der Waals surface area contributed by atoms with E-state index in [2.05, 4.69) is 54.8 Å². The number of hydrogen-bond acceptors (Lipinski definition) is 2. The lowest BCUT2D eigenvalue weighted by Crippen LogP contribution is -2.23. The fraction of sp³-hybridized carbons (Fsp3) is 0.400. The standard InChI is InChI=1S/C15H21N3/c1-10-7-5-6-8-14(10)15(9-16)18-13(4)11(2)12(3)17-18/h5-8,15H,9,16H2,1-4H3. The van der Waals surface area contributed by atoms with Crippen LogP contribution in [0.3, 0.4) is 0 Å². The molecule has 3 nitrogen and oxygen atoms in total. The van der Waals surface area contributed by atoms with E-state index in [-0.39, 0.29) is 6.04 Å². The smallest absolute Gasteiger partial charge is 0.0896 e. The van der Waals surface area contributed by atoms with Gasteiger partial charge in [-0.1, -0.05) is 24.3 Å². The molecule has 1 aromatic heterocycles. The Morgan fingerprint density at radius 3 is 2.33 bits per heavy atom. The molecule has 0 spiro atoms. The number of hydrogen-bond donors (Lipinski definition) is 1. The second kappa shape index (κ2) is 4.94. The molecule has 2 rings (SSSR count). The zero-order valence-corrected chi connectivity index (χ0v) is 11.6. The van der Waals surface area contributed by atoms with Gasteiger partial charge in [0.15, 0.2) is 0 Å². The average molecular weight is 243 g/mol. The molecule has 3 heteroatoms. The van der Waals surface area contributed by atoms with Crippen molar-refractivity contribution in [3.05, 3.63) is 52.3 Å². The van der Waals surface area contributed by atoms with Crippen molar-refractivity contribution < 1.29 is 0 Å². The molecule has 1 unspecified atom stereocenters. The summed E-state index contributed by atoms with van der Waals surface area (Å²) in [6, 6.07) is 8.50. The first kappa shape index (κ1) is 12.8. The minimum atomic E-state index is 0.124. The van der Waals surface area contributed by atoms with Crippen LogP contribution >= 0.6 is 0 Å². The Bertz CT molecular complexity index is 555. The molecule has 0 saturated heterocycles. The van der Waals surface area contributed by atoms with Gasteiger partial charge < -0.3 is 5.73 Å². The fourth-order valence-corrected chi connectivity index (χ4v) is 2.37. The zero-order chi connectivity index (χ0) is 13.3. The van der Waals surface area contributed by atoms with E-state index in [1.165, 1.54) is 22.4 Å². The Balaban J connectivity index is 2.52. The molecule has 18 heavy (non-hydrogen) atoms. The molecule has 96 valence electrons. The number of benzene rings is 1. The lowest BCUT2D eigenvalue weighted by atomic mass is 10.0. The maximum atomic E-state index is 5.97. The molecule has 1 aromatic carbocycles. The summed E-state index contributed by atoms with van der Waals surface area (Å²) in [5, 5.41) is 4.64. The maximum Gasteiger partial charge on any atom is 0.0896 e. The van der Waals surface area contributed by atoms with Crippen LogP contribution in [-0.2, 0) is 0 Å². The fourth-order valence-electron chi connectivity index (χ4n) is 2.37. The predicted octanol–water partition coefficient (Wildman–Crippen LogP) is 2.66. The van der Waals surface area contributed by atoms with E-state index >= 15 is 0 Å². The number of nitrogens with two attached hydrogens (primary N) is 1. The predicted molar refractivity (Wildman–Crippen MR) is 74.8 cm³/mol. The van der Waals surface area contributed by atoms with Crippen molar-refractivity contribution in [2.24, 2.45) is 5.73 Å². The minimum absolute atomic E-state index is 0.124. The molecule has 0 amide bonds. The van der Waals surface area contributed by atoms with E-state index in [0.717, 1.165) is 5.69 Å². The van der Waals surface area contributed by atoms with Gasteiger partial charge in [0.25, 0.3) is 0 Å². The van der Waals surface area contributed by atoms with Crippen molar-refractivity contribution in [2.45, 2.75) is 33.7 Å². The Morgan fingerprint density at radius 1 is 1.17 bits per heavy atom. The van der Waals surface area contributed by atoms with Gasteiger partial charge in [-0.3, -0.25) is 4.68 Å². The van der Waals surface area contributed by atoms with Crippen molar-refractivity contribution in [3.63, 3.8) is 0 Å². The van der Waals surface area contributed by atoms with Gasteiger partial charge >= 0.3 is 0 Å². The van der Waals surface area contributed by atoms with Gasteiger partial charge in [-0.2, -0.15) is 5.10 Å². The lowest BCUT2D eigenvalue weighted by molar-refractivity contribution is 0.514. The Morgan fingerprint density at radius 2 is 1.83 bits per heavy atom. The summed E-state index contributed by atoms with van der Waals surface area (Å²) >= 11 is 0. The number of aryl methyl sites for hydroxylation is 2. The number of nitrogens with zero attached hydrogens (tertiary/aromatic N) is 2. The molecule has 1 atom stereocenters. The molecule has 0 bridgehead atoms. The monoisotopic (exact) mass is 243 g/mol. The van der Waals surface area contributed by atoms with E-state index in [9.17, 15) is 0 Å². The molecule has 0 aliphatic heterocycles. The highest BCUT2D eigenvalue weighted by molar-refractivity contribution is 5.32. The summed E-state index contributed by atoms with van der Waals surface area (Å²) in [6.45, 7) is 8.95. The van der Waals surface area contributed by atoms with Crippen LogP contribution in [0.4, 0.5) is 0 Å². The average Bonchev–Trinajstić information content (AvgIpc) is 2.61. The third kappa shape index (κ3) is 2.06. The Hall–Kier alpha value is -1.61. The van der Waals surface area contributed by atoms with Crippen molar-refractivity contribution in [1.29, 1.82) is 0 Å². The highest BCUT2D eigenvalue weighted by Gasteiger charge is 2.18. The first-order valence-corrected chi connectivity index (χ1v) is 6.34. The molecule has 0 saturated carbocycles. The zero-order valence-electron chi connectivity index (χ0n) is 11.6. The van der Waals surface area contributed by atoms with Crippen LogP contribution in [0.25, 0.3) is 0 Å². The van der Waals surface area contributed by atoms with E-state index < -0.39 is 0 Å². The molecule has 0 aliphatic rings. The van der Waals surface area contributed by atoms with E-state index in [1.54, 1.807) is 0 Å². The first-order chi connectivity index (χ1) is 8.56. The molecular formula is C15H21N3. The first-order valence-electron chi connectivity index (χ1n) is 6.34. The van der Waals surface area contributed by atoms with Crippen LogP contribution in [0.5, 0.6) is 0 Å². The van der Waals surface area contributed by atoms with Crippen molar-refractivity contribution in [3.8, 4) is 0 Å². The summed E-state index contributed by atoms with van der Waals surface area (Å²) in [4.78, 5) is 0. The van der Waals surface area contributed by atoms with Gasteiger partial charge in [0, 0.05) is 12.2 Å². The molecule has 2 aromatic rings. The van der Waals surface area contributed by atoms with Crippen molar-refractivity contribution in [1.82, 2.24) is 9.78 Å². The summed E-state index contributed by atoms with van der Waals surface area (Å²) in [7, 11) is 0. The van der Waals surface area contributed by atoms with Crippen LogP contribution in [0.15, 0.2) is 24.3 Å². The van der Waals surface area contributed by atoms with Crippen molar-refractivity contribution >= 4 is 0 Å².